The van der Waals surface area contributed by atoms with Gasteiger partial charge < -0.3 is 15.0 Å². The topological polar surface area (TPSA) is 90.5 Å². The Labute approximate surface area is 122 Å². The maximum atomic E-state index is 12.4. The fourth-order valence-electron chi connectivity index (χ4n) is 2.41. The summed E-state index contributed by atoms with van der Waals surface area (Å²) >= 11 is 0. The molecule has 1 aliphatic rings. The molecule has 1 amide bonds. The van der Waals surface area contributed by atoms with Crippen LogP contribution in [-0.2, 0) is 17.6 Å². The smallest absolute Gasteiger partial charge is 0.329 e. The van der Waals surface area contributed by atoms with Gasteiger partial charge in [0.1, 0.15) is 11.1 Å². The molecule has 0 spiro atoms. The summed E-state index contributed by atoms with van der Waals surface area (Å²) in [5, 5.41) is 9.19. The number of nitrogens with one attached hydrogen (secondary N) is 1. The van der Waals surface area contributed by atoms with Crippen LogP contribution in [0.5, 0.6) is 0 Å². The highest BCUT2D eigenvalue weighted by Crippen LogP contribution is 2.20. The first kappa shape index (κ1) is 15.3. The van der Waals surface area contributed by atoms with E-state index in [1.807, 2.05) is 0 Å². The molecule has 6 heteroatoms. The average Bonchev–Trinajstić information content (AvgIpc) is 2.44. The number of hydrogen-bond donors (Lipinski definition) is 2. The van der Waals surface area contributed by atoms with E-state index in [1.54, 1.807) is 6.07 Å². The summed E-state index contributed by atoms with van der Waals surface area (Å²) in [7, 11) is 1.40. The summed E-state index contributed by atoms with van der Waals surface area (Å²) in [5.74, 6) is -1.69. The molecule has 0 bridgehead atoms. The quantitative estimate of drug-likeness (QED) is 0.875. The number of carboxylic acids is 1. The normalized spacial score (nSPS) is 14.4. The Kier molecular flexibility index (Phi) is 3.89. The van der Waals surface area contributed by atoms with Crippen LogP contribution in [0.2, 0.25) is 0 Å². The lowest BCUT2D eigenvalue weighted by Gasteiger charge is -2.31. The van der Waals surface area contributed by atoms with Crippen molar-refractivity contribution in [1.29, 1.82) is 0 Å². The minimum Gasteiger partial charge on any atom is -0.480 e. The number of H-pyrrole nitrogens is 1. The predicted molar refractivity (Wildman–Crippen MR) is 77.5 cm³/mol. The third-order valence-electron chi connectivity index (χ3n) is 4.24. The fraction of sp³-hybridized carbons (Fsp3) is 0.533. The van der Waals surface area contributed by atoms with E-state index in [0.717, 1.165) is 41.8 Å². The maximum absolute atomic E-state index is 12.4. The third-order valence-corrected chi connectivity index (χ3v) is 4.24. The van der Waals surface area contributed by atoms with Crippen molar-refractivity contribution in [3.8, 4) is 0 Å². The zero-order valence-corrected chi connectivity index (χ0v) is 12.5. The number of carboxylic acid groups (broad SMARTS) is 1. The number of hydrogen-bond acceptors (Lipinski definition) is 3. The van der Waals surface area contributed by atoms with E-state index in [0.29, 0.717) is 0 Å². The van der Waals surface area contributed by atoms with Crippen LogP contribution in [0.4, 0.5) is 0 Å². The molecule has 114 valence electrons. The average molecular weight is 292 g/mol. The minimum absolute atomic E-state index is 0.00692. The molecule has 0 aliphatic heterocycles. The van der Waals surface area contributed by atoms with Crippen molar-refractivity contribution >= 4 is 11.9 Å². The van der Waals surface area contributed by atoms with E-state index >= 15 is 0 Å². The summed E-state index contributed by atoms with van der Waals surface area (Å²) in [6.45, 7) is 2.86. The monoisotopic (exact) mass is 292 g/mol. The van der Waals surface area contributed by atoms with Crippen molar-refractivity contribution in [1.82, 2.24) is 9.88 Å². The Morgan fingerprint density at radius 2 is 1.90 bits per heavy atom. The van der Waals surface area contributed by atoms with Crippen LogP contribution in [0.15, 0.2) is 10.9 Å². The summed E-state index contributed by atoms with van der Waals surface area (Å²) in [4.78, 5) is 39.6. The van der Waals surface area contributed by atoms with Gasteiger partial charge in [-0.2, -0.15) is 0 Å². The highest BCUT2D eigenvalue weighted by molar-refractivity contribution is 5.97. The van der Waals surface area contributed by atoms with E-state index in [2.05, 4.69) is 4.98 Å². The van der Waals surface area contributed by atoms with Crippen molar-refractivity contribution in [3.05, 3.63) is 33.2 Å². The molecule has 6 nitrogen and oxygen atoms in total. The second-order valence-electron chi connectivity index (χ2n) is 5.95. The van der Waals surface area contributed by atoms with E-state index in [-0.39, 0.29) is 5.56 Å². The number of aromatic nitrogens is 1. The molecule has 2 rings (SSSR count). The van der Waals surface area contributed by atoms with Crippen molar-refractivity contribution < 1.29 is 14.7 Å². The lowest BCUT2D eigenvalue weighted by atomic mass is 9.94. The molecule has 1 heterocycles. The van der Waals surface area contributed by atoms with Gasteiger partial charge in [-0.1, -0.05) is 0 Å². The molecule has 0 unspecified atom stereocenters. The second kappa shape index (κ2) is 5.35. The Balaban J connectivity index is 2.40. The van der Waals surface area contributed by atoms with Crippen LogP contribution in [0.1, 0.15) is 48.3 Å². The van der Waals surface area contributed by atoms with E-state index < -0.39 is 23.0 Å². The lowest BCUT2D eigenvalue weighted by molar-refractivity contribution is -0.147. The number of carbonyl (C=O) groups is 2. The number of aryl methyl sites for hydroxylation is 2. The van der Waals surface area contributed by atoms with Gasteiger partial charge in [0.05, 0.1) is 0 Å². The second-order valence-corrected chi connectivity index (χ2v) is 5.95. The van der Waals surface area contributed by atoms with Crippen molar-refractivity contribution in [2.45, 2.75) is 45.1 Å². The maximum Gasteiger partial charge on any atom is 0.329 e. The molecular weight excluding hydrogens is 272 g/mol. The van der Waals surface area contributed by atoms with Crippen molar-refractivity contribution in [2.24, 2.45) is 0 Å². The van der Waals surface area contributed by atoms with Crippen molar-refractivity contribution in [3.63, 3.8) is 0 Å². The number of pyridine rings is 1. The summed E-state index contributed by atoms with van der Waals surface area (Å²) in [5.41, 5.74) is 0.0502. The van der Waals surface area contributed by atoms with Crippen LogP contribution >= 0.6 is 0 Å². The Morgan fingerprint density at radius 1 is 1.29 bits per heavy atom. The van der Waals surface area contributed by atoms with Crippen LogP contribution in [-0.4, -0.2) is 39.5 Å². The zero-order valence-electron chi connectivity index (χ0n) is 12.5. The van der Waals surface area contributed by atoms with Crippen LogP contribution in [0, 0.1) is 0 Å². The molecule has 0 radical (unpaired) electrons. The van der Waals surface area contributed by atoms with Crippen molar-refractivity contribution in [2.75, 3.05) is 7.05 Å². The molecule has 0 fully saturated rings. The first-order valence-corrected chi connectivity index (χ1v) is 7.01. The molecular formula is C15H20N2O4. The molecule has 0 atom stereocenters. The Morgan fingerprint density at radius 3 is 2.52 bits per heavy atom. The molecule has 0 saturated heterocycles. The summed E-state index contributed by atoms with van der Waals surface area (Å²) in [6, 6.07) is 1.62. The number of carbonyl (C=O) groups excluding carboxylic acids is 1. The van der Waals surface area contributed by atoms with Gasteiger partial charge in [0, 0.05) is 12.7 Å². The van der Waals surface area contributed by atoms with Gasteiger partial charge in [-0.05, 0) is 51.2 Å². The largest absolute Gasteiger partial charge is 0.480 e. The first-order valence-electron chi connectivity index (χ1n) is 7.01. The number of rotatable bonds is 3. The van der Waals surface area contributed by atoms with Crippen LogP contribution in [0.3, 0.4) is 0 Å². The van der Waals surface area contributed by atoms with E-state index in [4.69, 9.17) is 0 Å². The number of aromatic amines is 1. The van der Waals surface area contributed by atoms with Gasteiger partial charge in [-0.15, -0.1) is 0 Å². The van der Waals surface area contributed by atoms with Crippen LogP contribution in [0.25, 0.3) is 0 Å². The fourth-order valence-corrected chi connectivity index (χ4v) is 2.41. The predicted octanol–water partition coefficient (Wildman–Crippen LogP) is 1.19. The summed E-state index contributed by atoms with van der Waals surface area (Å²) < 4.78 is 0. The van der Waals surface area contributed by atoms with Gasteiger partial charge in [-0.3, -0.25) is 9.59 Å². The SMILES string of the molecule is CN(C(=O)c1cc2c([nH]c1=O)CCCC2)C(C)(C)C(=O)O. The van der Waals surface area contributed by atoms with E-state index in [9.17, 15) is 19.5 Å². The van der Waals surface area contributed by atoms with Gasteiger partial charge >= 0.3 is 5.97 Å². The summed E-state index contributed by atoms with van der Waals surface area (Å²) in [6.07, 6.45) is 3.71. The molecule has 1 aliphatic carbocycles. The number of likely N-dealkylation sites (N-methyl/N-ethyl adjacent to an activating group) is 1. The molecule has 21 heavy (non-hydrogen) atoms. The van der Waals surface area contributed by atoms with Gasteiger partial charge in [0.2, 0.25) is 0 Å². The molecule has 2 N–H and O–H groups in total. The first-order chi connectivity index (χ1) is 9.75. The highest BCUT2D eigenvalue weighted by atomic mass is 16.4. The van der Waals surface area contributed by atoms with Gasteiger partial charge in [0.15, 0.2) is 0 Å². The zero-order chi connectivity index (χ0) is 15.8. The van der Waals surface area contributed by atoms with Gasteiger partial charge in [0.25, 0.3) is 11.5 Å². The highest BCUT2D eigenvalue weighted by Gasteiger charge is 2.36. The number of fused-ring (bicyclic) bond motifs is 1. The molecule has 1 aromatic heterocycles. The van der Waals surface area contributed by atoms with Crippen LogP contribution < -0.4 is 5.56 Å². The molecule has 0 aromatic carbocycles. The molecule has 0 saturated carbocycles. The Bertz CT molecular complexity index is 646. The minimum atomic E-state index is -1.38. The number of amides is 1. The molecule has 1 aromatic rings. The Hall–Kier alpha value is -2.11. The van der Waals surface area contributed by atoms with Gasteiger partial charge in [-0.25, -0.2) is 4.79 Å². The number of nitrogens with zero attached hydrogens (tertiary/aromatic N) is 1. The third kappa shape index (κ3) is 2.70. The lowest BCUT2D eigenvalue weighted by Crippen LogP contribution is -2.51. The van der Waals surface area contributed by atoms with E-state index in [1.165, 1.54) is 20.9 Å². The standard InChI is InChI=1S/C15H20N2O4/c1-15(2,14(20)21)17(3)13(19)10-8-9-6-4-5-7-11(9)16-12(10)18/h8H,4-7H2,1-3H3,(H,16,18)(H,20,21). The number of aliphatic carboxylic acids is 1.